The molecule has 0 radical (unpaired) electrons. The molecule has 0 saturated carbocycles. The molecule has 16 heavy (non-hydrogen) atoms. The molecule has 0 saturated heterocycles. The molecule has 0 aromatic rings. The summed E-state index contributed by atoms with van der Waals surface area (Å²) in [5, 5.41) is 6.62. The Hall–Kier alpha value is -0.380. The molecule has 4 heteroatoms. The first-order chi connectivity index (χ1) is 7.55. The fraction of sp³-hybridized carbons (Fsp3) is 0.917. The Morgan fingerprint density at radius 3 is 2.44 bits per heavy atom. The van der Waals surface area contributed by atoms with Gasteiger partial charge in [0.25, 0.3) is 0 Å². The zero-order valence-corrected chi connectivity index (χ0v) is 12.2. The summed E-state index contributed by atoms with van der Waals surface area (Å²) in [6.45, 7) is 11.5. The molecule has 0 fully saturated rings. The van der Waals surface area contributed by atoms with Gasteiger partial charge in [0, 0.05) is 17.8 Å². The van der Waals surface area contributed by atoms with Gasteiger partial charge in [0.15, 0.2) is 5.96 Å². The molecule has 0 bridgehead atoms. The number of unbranched alkanes of at least 4 members (excludes halogenated alkanes) is 1. The predicted molar refractivity (Wildman–Crippen MR) is 76.5 cm³/mol. The van der Waals surface area contributed by atoms with Crippen molar-refractivity contribution < 1.29 is 0 Å². The molecule has 3 nitrogen and oxygen atoms in total. The SMILES string of the molecule is CCCCNC(=NCC(C)(C)SC)NCC. The Bertz CT molecular complexity index is 202. The minimum atomic E-state index is 0.215. The highest BCUT2D eigenvalue weighted by molar-refractivity contribution is 7.99. The summed E-state index contributed by atoms with van der Waals surface area (Å²) < 4.78 is 0.215. The third-order valence-corrected chi connectivity index (χ3v) is 3.57. The van der Waals surface area contributed by atoms with E-state index in [2.05, 4.69) is 49.6 Å². The van der Waals surface area contributed by atoms with Crippen molar-refractivity contribution in [3.8, 4) is 0 Å². The number of nitrogens with zero attached hydrogens (tertiary/aromatic N) is 1. The van der Waals surface area contributed by atoms with Gasteiger partial charge in [-0.1, -0.05) is 13.3 Å². The van der Waals surface area contributed by atoms with E-state index >= 15 is 0 Å². The Kier molecular flexibility index (Phi) is 8.53. The molecule has 0 heterocycles. The zero-order chi connectivity index (χ0) is 12.4. The first kappa shape index (κ1) is 15.6. The van der Waals surface area contributed by atoms with E-state index in [1.54, 1.807) is 0 Å². The van der Waals surface area contributed by atoms with Gasteiger partial charge in [0.05, 0.1) is 6.54 Å². The molecular weight excluding hydrogens is 218 g/mol. The number of thioether (sulfide) groups is 1. The van der Waals surface area contributed by atoms with Crippen LogP contribution in [0.3, 0.4) is 0 Å². The van der Waals surface area contributed by atoms with Crippen LogP contribution in [-0.2, 0) is 0 Å². The van der Waals surface area contributed by atoms with E-state index in [0.29, 0.717) is 0 Å². The summed E-state index contributed by atoms with van der Waals surface area (Å²) in [5.41, 5.74) is 0. The summed E-state index contributed by atoms with van der Waals surface area (Å²) in [4.78, 5) is 4.60. The third kappa shape index (κ3) is 7.85. The summed E-state index contributed by atoms with van der Waals surface area (Å²) in [7, 11) is 0. The molecule has 0 rings (SSSR count). The highest BCUT2D eigenvalue weighted by Gasteiger charge is 2.15. The van der Waals surface area contributed by atoms with Crippen molar-refractivity contribution in [2.75, 3.05) is 25.9 Å². The van der Waals surface area contributed by atoms with E-state index in [9.17, 15) is 0 Å². The van der Waals surface area contributed by atoms with Gasteiger partial charge in [-0.15, -0.1) is 0 Å². The van der Waals surface area contributed by atoms with E-state index in [0.717, 1.165) is 25.6 Å². The maximum absolute atomic E-state index is 4.60. The minimum Gasteiger partial charge on any atom is -0.357 e. The Balaban J connectivity index is 4.12. The molecule has 0 amide bonds. The van der Waals surface area contributed by atoms with Crippen LogP contribution in [0.1, 0.15) is 40.5 Å². The van der Waals surface area contributed by atoms with E-state index in [1.807, 2.05) is 11.8 Å². The summed E-state index contributed by atoms with van der Waals surface area (Å²) >= 11 is 1.85. The van der Waals surface area contributed by atoms with Crippen molar-refractivity contribution in [3.63, 3.8) is 0 Å². The van der Waals surface area contributed by atoms with Crippen LogP contribution < -0.4 is 10.6 Å². The van der Waals surface area contributed by atoms with Gasteiger partial charge in [-0.2, -0.15) is 11.8 Å². The Morgan fingerprint density at radius 2 is 1.94 bits per heavy atom. The molecule has 2 N–H and O–H groups in total. The highest BCUT2D eigenvalue weighted by Crippen LogP contribution is 2.20. The second-order valence-corrected chi connectivity index (χ2v) is 5.95. The molecule has 96 valence electrons. The normalized spacial score (nSPS) is 12.7. The van der Waals surface area contributed by atoms with Crippen molar-refractivity contribution in [2.24, 2.45) is 4.99 Å². The van der Waals surface area contributed by atoms with Crippen molar-refractivity contribution in [2.45, 2.75) is 45.3 Å². The lowest BCUT2D eigenvalue weighted by Gasteiger charge is -2.20. The van der Waals surface area contributed by atoms with E-state index in [-0.39, 0.29) is 4.75 Å². The van der Waals surface area contributed by atoms with Crippen LogP contribution in [0, 0.1) is 0 Å². The predicted octanol–water partition coefficient (Wildman–Crippen LogP) is 2.48. The van der Waals surface area contributed by atoms with E-state index < -0.39 is 0 Å². The topological polar surface area (TPSA) is 36.4 Å². The van der Waals surface area contributed by atoms with Gasteiger partial charge in [0.2, 0.25) is 0 Å². The number of hydrogen-bond donors (Lipinski definition) is 2. The van der Waals surface area contributed by atoms with Crippen molar-refractivity contribution in [1.82, 2.24) is 10.6 Å². The van der Waals surface area contributed by atoms with Gasteiger partial charge < -0.3 is 10.6 Å². The maximum Gasteiger partial charge on any atom is 0.191 e. The summed E-state index contributed by atoms with van der Waals surface area (Å²) in [5.74, 6) is 0.943. The zero-order valence-electron chi connectivity index (χ0n) is 11.4. The van der Waals surface area contributed by atoms with Gasteiger partial charge in [-0.3, -0.25) is 4.99 Å². The average Bonchev–Trinajstić information content (AvgIpc) is 2.26. The molecule has 0 aliphatic heterocycles. The summed E-state index contributed by atoms with van der Waals surface area (Å²) in [6.07, 6.45) is 4.53. The molecule has 0 aromatic carbocycles. The standard InChI is InChI=1S/C12H27N3S/c1-6-8-9-14-11(13-7-2)15-10-12(3,4)16-5/h6-10H2,1-5H3,(H2,13,14,15). The first-order valence-electron chi connectivity index (χ1n) is 6.13. The fourth-order valence-electron chi connectivity index (χ4n) is 1.06. The average molecular weight is 245 g/mol. The van der Waals surface area contributed by atoms with Crippen molar-refractivity contribution in [1.29, 1.82) is 0 Å². The molecule has 0 unspecified atom stereocenters. The Morgan fingerprint density at radius 1 is 1.25 bits per heavy atom. The van der Waals surface area contributed by atoms with Crippen LogP contribution in [0.5, 0.6) is 0 Å². The number of aliphatic imine (C=N–C) groups is 1. The van der Waals surface area contributed by atoms with Gasteiger partial charge in [0.1, 0.15) is 0 Å². The third-order valence-electron chi connectivity index (χ3n) is 2.34. The molecule has 0 aliphatic rings. The first-order valence-corrected chi connectivity index (χ1v) is 7.35. The van der Waals surface area contributed by atoms with Crippen LogP contribution in [0.4, 0.5) is 0 Å². The van der Waals surface area contributed by atoms with Crippen LogP contribution in [0.25, 0.3) is 0 Å². The van der Waals surface area contributed by atoms with Crippen LogP contribution in [0.2, 0.25) is 0 Å². The van der Waals surface area contributed by atoms with E-state index in [1.165, 1.54) is 12.8 Å². The van der Waals surface area contributed by atoms with Gasteiger partial charge >= 0.3 is 0 Å². The van der Waals surface area contributed by atoms with Gasteiger partial charge in [-0.05, 0) is 33.4 Å². The van der Waals surface area contributed by atoms with Gasteiger partial charge in [-0.25, -0.2) is 0 Å². The quantitative estimate of drug-likeness (QED) is 0.411. The number of hydrogen-bond acceptors (Lipinski definition) is 2. The molecular formula is C12H27N3S. The Labute approximate surface area is 105 Å². The number of nitrogens with one attached hydrogen (secondary N) is 2. The van der Waals surface area contributed by atoms with Crippen LogP contribution in [-0.4, -0.2) is 36.6 Å². The van der Waals surface area contributed by atoms with Crippen LogP contribution >= 0.6 is 11.8 Å². The largest absolute Gasteiger partial charge is 0.357 e. The fourth-order valence-corrected chi connectivity index (χ4v) is 1.25. The highest BCUT2D eigenvalue weighted by atomic mass is 32.2. The number of guanidine groups is 1. The summed E-state index contributed by atoms with van der Waals surface area (Å²) in [6, 6.07) is 0. The second kappa shape index (κ2) is 8.74. The molecule has 0 atom stereocenters. The molecule has 0 aliphatic carbocycles. The smallest absolute Gasteiger partial charge is 0.191 e. The van der Waals surface area contributed by atoms with E-state index in [4.69, 9.17) is 0 Å². The molecule has 0 spiro atoms. The lowest BCUT2D eigenvalue weighted by molar-refractivity contribution is 0.698. The minimum absolute atomic E-state index is 0.215. The van der Waals surface area contributed by atoms with Crippen LogP contribution in [0.15, 0.2) is 4.99 Å². The lowest BCUT2D eigenvalue weighted by Crippen LogP contribution is -2.38. The monoisotopic (exact) mass is 245 g/mol. The van der Waals surface area contributed by atoms with Crippen molar-refractivity contribution >= 4 is 17.7 Å². The number of rotatable bonds is 7. The molecule has 0 aromatic heterocycles. The second-order valence-electron chi connectivity index (χ2n) is 4.44. The van der Waals surface area contributed by atoms with Crippen molar-refractivity contribution in [3.05, 3.63) is 0 Å². The maximum atomic E-state index is 4.60. The lowest BCUT2D eigenvalue weighted by atomic mass is 10.2.